The topological polar surface area (TPSA) is 47.7 Å². The smallest absolute Gasteiger partial charge is 0.127 e. The Kier molecular flexibility index (Phi) is 1.99. The van der Waals surface area contributed by atoms with Crippen molar-refractivity contribution in [1.29, 1.82) is 0 Å². The highest BCUT2D eigenvalue weighted by molar-refractivity contribution is 5.45. The highest BCUT2D eigenvalue weighted by Crippen LogP contribution is 2.30. The molecule has 0 saturated carbocycles. The van der Waals surface area contributed by atoms with Gasteiger partial charge in [0.1, 0.15) is 5.82 Å². The number of nitrogens with zero attached hydrogens (tertiary/aromatic N) is 4. The number of fused-ring (bicyclic) bond motifs is 1. The standard InChI is InChI=1S/C11H15N5/c1-8-7-14-16-10(3-5-12-11(8)16)9-4-6-13-15(9)2/h4,6-7,10,12H,3,5H2,1-2H3. The van der Waals surface area contributed by atoms with Gasteiger partial charge in [0.25, 0.3) is 0 Å². The first-order chi connectivity index (χ1) is 7.77. The van der Waals surface area contributed by atoms with Gasteiger partial charge in [-0.05, 0) is 19.4 Å². The zero-order chi connectivity index (χ0) is 11.1. The molecule has 84 valence electrons. The van der Waals surface area contributed by atoms with Crippen LogP contribution in [0.4, 0.5) is 5.82 Å². The molecule has 1 aliphatic heterocycles. The highest BCUT2D eigenvalue weighted by atomic mass is 15.4. The molecule has 0 fully saturated rings. The molecule has 1 atom stereocenters. The Labute approximate surface area is 94.1 Å². The van der Waals surface area contributed by atoms with E-state index in [9.17, 15) is 0 Å². The summed E-state index contributed by atoms with van der Waals surface area (Å²) in [6.45, 7) is 3.07. The number of hydrogen-bond donors (Lipinski definition) is 1. The van der Waals surface area contributed by atoms with E-state index >= 15 is 0 Å². The molecule has 5 heteroatoms. The molecular formula is C11H15N5. The third kappa shape index (κ3) is 1.24. The van der Waals surface area contributed by atoms with Crippen molar-refractivity contribution >= 4 is 5.82 Å². The summed E-state index contributed by atoms with van der Waals surface area (Å²) in [7, 11) is 1.98. The van der Waals surface area contributed by atoms with Crippen molar-refractivity contribution in [1.82, 2.24) is 19.6 Å². The zero-order valence-corrected chi connectivity index (χ0v) is 9.51. The summed E-state index contributed by atoms with van der Waals surface area (Å²) < 4.78 is 3.99. The maximum Gasteiger partial charge on any atom is 0.127 e. The maximum absolute atomic E-state index is 4.45. The Hall–Kier alpha value is -1.78. The zero-order valence-electron chi connectivity index (χ0n) is 9.51. The van der Waals surface area contributed by atoms with Crippen molar-refractivity contribution in [2.24, 2.45) is 7.05 Å². The van der Waals surface area contributed by atoms with Gasteiger partial charge in [0.15, 0.2) is 0 Å². The van der Waals surface area contributed by atoms with E-state index in [1.165, 1.54) is 11.3 Å². The molecule has 0 aliphatic carbocycles. The van der Waals surface area contributed by atoms with Crippen molar-refractivity contribution in [3.8, 4) is 0 Å². The normalized spacial score (nSPS) is 19.2. The molecule has 0 bridgehead atoms. The molecule has 3 rings (SSSR count). The summed E-state index contributed by atoms with van der Waals surface area (Å²) >= 11 is 0. The van der Waals surface area contributed by atoms with E-state index in [-0.39, 0.29) is 0 Å². The predicted molar refractivity (Wildman–Crippen MR) is 61.4 cm³/mol. The van der Waals surface area contributed by atoms with Crippen molar-refractivity contribution in [2.75, 3.05) is 11.9 Å². The number of aryl methyl sites for hydroxylation is 2. The van der Waals surface area contributed by atoms with E-state index in [1.54, 1.807) is 0 Å². The molecule has 0 amide bonds. The fourth-order valence-electron chi connectivity index (χ4n) is 2.34. The molecule has 2 aromatic rings. The summed E-state index contributed by atoms with van der Waals surface area (Å²) in [5, 5.41) is 12.1. The van der Waals surface area contributed by atoms with Crippen LogP contribution in [0.2, 0.25) is 0 Å². The average molecular weight is 217 g/mol. The first kappa shape index (κ1) is 9.45. The van der Waals surface area contributed by atoms with Gasteiger partial charge in [0, 0.05) is 25.4 Å². The maximum atomic E-state index is 4.45. The van der Waals surface area contributed by atoms with Gasteiger partial charge in [-0.1, -0.05) is 0 Å². The Morgan fingerprint density at radius 2 is 2.31 bits per heavy atom. The molecule has 3 heterocycles. The highest BCUT2D eigenvalue weighted by Gasteiger charge is 2.24. The summed E-state index contributed by atoms with van der Waals surface area (Å²) in [5.41, 5.74) is 2.41. The van der Waals surface area contributed by atoms with Gasteiger partial charge < -0.3 is 5.32 Å². The van der Waals surface area contributed by atoms with Crippen LogP contribution in [0.5, 0.6) is 0 Å². The van der Waals surface area contributed by atoms with E-state index in [4.69, 9.17) is 0 Å². The second kappa shape index (κ2) is 3.37. The van der Waals surface area contributed by atoms with Crippen LogP contribution in [0.15, 0.2) is 18.5 Å². The number of nitrogens with one attached hydrogen (secondary N) is 1. The van der Waals surface area contributed by atoms with Crippen molar-refractivity contribution in [3.05, 3.63) is 29.7 Å². The first-order valence-corrected chi connectivity index (χ1v) is 5.53. The predicted octanol–water partition coefficient (Wildman–Crippen LogP) is 1.33. The summed E-state index contributed by atoms with van der Waals surface area (Å²) in [6, 6.07) is 2.37. The largest absolute Gasteiger partial charge is 0.370 e. The summed E-state index contributed by atoms with van der Waals surface area (Å²) in [4.78, 5) is 0. The molecule has 1 N–H and O–H groups in total. The van der Waals surface area contributed by atoms with Gasteiger partial charge in [-0.2, -0.15) is 10.2 Å². The number of hydrogen-bond acceptors (Lipinski definition) is 3. The average Bonchev–Trinajstić information content (AvgIpc) is 2.86. The van der Waals surface area contributed by atoms with E-state index < -0.39 is 0 Å². The molecule has 0 spiro atoms. The third-order valence-corrected chi connectivity index (χ3v) is 3.18. The second-order valence-corrected chi connectivity index (χ2v) is 4.23. The van der Waals surface area contributed by atoms with E-state index in [0.29, 0.717) is 6.04 Å². The van der Waals surface area contributed by atoms with Crippen molar-refractivity contribution < 1.29 is 0 Å². The molecule has 5 nitrogen and oxygen atoms in total. The van der Waals surface area contributed by atoms with Crippen LogP contribution in [0, 0.1) is 6.92 Å². The lowest BCUT2D eigenvalue weighted by Gasteiger charge is -2.26. The number of aromatic nitrogens is 4. The van der Waals surface area contributed by atoms with Gasteiger partial charge in [-0.25, -0.2) is 4.68 Å². The van der Waals surface area contributed by atoms with Gasteiger partial charge >= 0.3 is 0 Å². The van der Waals surface area contributed by atoms with Gasteiger partial charge in [-0.3, -0.25) is 4.68 Å². The van der Waals surface area contributed by atoms with Crippen LogP contribution < -0.4 is 5.32 Å². The second-order valence-electron chi connectivity index (χ2n) is 4.23. The van der Waals surface area contributed by atoms with E-state index in [0.717, 1.165) is 18.8 Å². The molecule has 1 aliphatic rings. The van der Waals surface area contributed by atoms with Crippen LogP contribution in [-0.2, 0) is 7.05 Å². The summed E-state index contributed by atoms with van der Waals surface area (Å²) in [5.74, 6) is 1.14. The van der Waals surface area contributed by atoms with Gasteiger partial charge in [-0.15, -0.1) is 0 Å². The van der Waals surface area contributed by atoms with Crippen LogP contribution in [-0.4, -0.2) is 26.1 Å². The fraction of sp³-hybridized carbons (Fsp3) is 0.455. The van der Waals surface area contributed by atoms with Gasteiger partial charge in [0.2, 0.25) is 0 Å². The Morgan fingerprint density at radius 1 is 1.44 bits per heavy atom. The minimum atomic E-state index is 0.303. The van der Waals surface area contributed by atoms with Crippen molar-refractivity contribution in [2.45, 2.75) is 19.4 Å². The minimum absolute atomic E-state index is 0.303. The molecule has 1 unspecified atom stereocenters. The SMILES string of the molecule is Cc1cnn2c1NCCC2c1ccnn1C. The van der Waals surface area contributed by atoms with E-state index in [1.807, 2.05) is 24.1 Å². The van der Waals surface area contributed by atoms with Crippen LogP contribution >= 0.6 is 0 Å². The Balaban J connectivity index is 2.08. The number of anilines is 1. The molecule has 16 heavy (non-hydrogen) atoms. The lowest BCUT2D eigenvalue weighted by Crippen LogP contribution is -2.26. The third-order valence-electron chi connectivity index (χ3n) is 3.18. The lowest BCUT2D eigenvalue weighted by molar-refractivity contribution is 0.452. The molecular weight excluding hydrogens is 202 g/mol. The molecule has 0 saturated heterocycles. The fourth-order valence-corrected chi connectivity index (χ4v) is 2.34. The molecule has 2 aromatic heterocycles. The van der Waals surface area contributed by atoms with Crippen molar-refractivity contribution in [3.63, 3.8) is 0 Å². The van der Waals surface area contributed by atoms with Gasteiger partial charge in [0.05, 0.1) is 17.9 Å². The monoisotopic (exact) mass is 217 g/mol. The van der Waals surface area contributed by atoms with Crippen LogP contribution in [0.3, 0.4) is 0 Å². The van der Waals surface area contributed by atoms with E-state index in [2.05, 4.69) is 33.2 Å². The Bertz CT molecular complexity index is 510. The molecule has 0 radical (unpaired) electrons. The number of rotatable bonds is 1. The minimum Gasteiger partial charge on any atom is -0.370 e. The van der Waals surface area contributed by atoms with Crippen LogP contribution in [0.25, 0.3) is 0 Å². The summed E-state index contributed by atoms with van der Waals surface area (Å²) in [6.07, 6.45) is 4.80. The first-order valence-electron chi connectivity index (χ1n) is 5.53. The molecule has 0 aromatic carbocycles. The lowest BCUT2D eigenvalue weighted by atomic mass is 10.1. The Morgan fingerprint density at radius 3 is 3.06 bits per heavy atom. The quantitative estimate of drug-likeness (QED) is 0.784. The van der Waals surface area contributed by atoms with Crippen LogP contribution in [0.1, 0.15) is 23.7 Å².